The molecule has 32 heavy (non-hydrogen) atoms. The highest BCUT2D eigenvalue weighted by molar-refractivity contribution is 7.18. The molecule has 0 atom stereocenters. The maximum atomic E-state index is 12.7. The van der Waals surface area contributed by atoms with E-state index in [2.05, 4.69) is 28.3 Å². The van der Waals surface area contributed by atoms with Crippen molar-refractivity contribution in [3.63, 3.8) is 0 Å². The number of amides is 1. The van der Waals surface area contributed by atoms with Crippen molar-refractivity contribution in [2.45, 2.75) is 31.6 Å². The molecule has 0 spiro atoms. The van der Waals surface area contributed by atoms with Crippen LogP contribution in [0.4, 0.5) is 0 Å². The van der Waals surface area contributed by atoms with Gasteiger partial charge in [0.15, 0.2) is 0 Å². The Kier molecular flexibility index (Phi) is 5.85. The van der Waals surface area contributed by atoms with Crippen LogP contribution in [0, 0.1) is 0 Å². The Balaban J connectivity index is 1.13. The van der Waals surface area contributed by atoms with Gasteiger partial charge in [-0.2, -0.15) is 4.98 Å². The molecule has 5 rings (SSSR count). The lowest BCUT2D eigenvalue weighted by molar-refractivity contribution is -0.132. The van der Waals surface area contributed by atoms with Crippen LogP contribution in [0.5, 0.6) is 5.75 Å². The highest BCUT2D eigenvalue weighted by Gasteiger charge is 2.26. The van der Waals surface area contributed by atoms with Gasteiger partial charge >= 0.3 is 0 Å². The molecule has 0 bridgehead atoms. The summed E-state index contributed by atoms with van der Waals surface area (Å²) in [6, 6.07) is 15.7. The average molecular weight is 449 g/mol. The fraction of sp³-hybridized carbons (Fsp3) is 0.333. The van der Waals surface area contributed by atoms with Gasteiger partial charge in [-0.05, 0) is 49.2 Å². The summed E-state index contributed by atoms with van der Waals surface area (Å²) in [5.41, 5.74) is 1.92. The minimum Gasteiger partial charge on any atom is -0.497 e. The average Bonchev–Trinajstić information content (AvgIpc) is 3.50. The largest absolute Gasteiger partial charge is 0.497 e. The van der Waals surface area contributed by atoms with Crippen molar-refractivity contribution in [3.8, 4) is 17.1 Å². The number of aryl methyl sites for hydroxylation is 1. The normalized spacial score (nSPS) is 14.7. The SMILES string of the molecule is COc1ccc(-c2noc(CCC(=O)N3CCC(c4nc5ccccc5s4)CC3)n2)cc1. The van der Waals surface area contributed by atoms with E-state index in [0.29, 0.717) is 30.5 Å². The van der Waals surface area contributed by atoms with Gasteiger partial charge in [0.05, 0.1) is 22.3 Å². The van der Waals surface area contributed by atoms with Gasteiger partial charge < -0.3 is 14.2 Å². The molecule has 0 radical (unpaired) electrons. The van der Waals surface area contributed by atoms with E-state index in [1.54, 1.807) is 18.4 Å². The number of aromatic nitrogens is 3. The number of hydrogen-bond donors (Lipinski definition) is 0. The second-order valence-corrected chi connectivity index (χ2v) is 8.98. The van der Waals surface area contributed by atoms with E-state index in [-0.39, 0.29) is 5.91 Å². The minimum absolute atomic E-state index is 0.136. The second kappa shape index (κ2) is 9.08. The van der Waals surface area contributed by atoms with Crippen molar-refractivity contribution in [2.75, 3.05) is 20.2 Å². The Morgan fingerprint density at radius 1 is 1.12 bits per heavy atom. The van der Waals surface area contributed by atoms with Crippen molar-refractivity contribution in [2.24, 2.45) is 0 Å². The summed E-state index contributed by atoms with van der Waals surface area (Å²) in [4.78, 5) is 23.9. The molecule has 0 N–H and O–H groups in total. The van der Waals surface area contributed by atoms with Crippen LogP contribution < -0.4 is 4.74 Å². The van der Waals surface area contributed by atoms with Gasteiger partial charge in [0.25, 0.3) is 0 Å². The van der Waals surface area contributed by atoms with Crippen molar-refractivity contribution < 1.29 is 14.1 Å². The zero-order valence-corrected chi connectivity index (χ0v) is 18.7. The molecule has 2 aromatic heterocycles. The molecular formula is C24H24N4O3S. The van der Waals surface area contributed by atoms with Crippen LogP contribution in [-0.2, 0) is 11.2 Å². The number of methoxy groups -OCH3 is 1. The molecular weight excluding hydrogens is 424 g/mol. The Hall–Kier alpha value is -3.26. The summed E-state index contributed by atoms with van der Waals surface area (Å²) in [6.45, 7) is 1.53. The van der Waals surface area contributed by atoms with Crippen molar-refractivity contribution >= 4 is 27.5 Å². The van der Waals surface area contributed by atoms with Gasteiger partial charge in [-0.3, -0.25) is 4.79 Å². The van der Waals surface area contributed by atoms with E-state index < -0.39 is 0 Å². The third-order valence-corrected chi connectivity index (χ3v) is 7.08. The lowest BCUT2D eigenvalue weighted by Gasteiger charge is -2.31. The quantitative estimate of drug-likeness (QED) is 0.426. The number of ether oxygens (including phenoxy) is 1. The molecule has 4 aromatic rings. The molecule has 7 nitrogen and oxygen atoms in total. The lowest BCUT2D eigenvalue weighted by Crippen LogP contribution is -2.38. The van der Waals surface area contributed by atoms with Gasteiger partial charge in [0.2, 0.25) is 17.6 Å². The molecule has 0 saturated carbocycles. The number of benzene rings is 2. The number of carbonyl (C=O) groups is 1. The van der Waals surface area contributed by atoms with E-state index in [1.165, 1.54) is 9.71 Å². The first-order chi connectivity index (χ1) is 15.7. The number of para-hydroxylation sites is 1. The van der Waals surface area contributed by atoms with Crippen LogP contribution in [0.3, 0.4) is 0 Å². The minimum atomic E-state index is 0.136. The molecule has 2 aromatic carbocycles. The zero-order valence-electron chi connectivity index (χ0n) is 17.9. The molecule has 1 aliphatic heterocycles. The van der Waals surface area contributed by atoms with Crippen LogP contribution in [-0.4, -0.2) is 46.1 Å². The van der Waals surface area contributed by atoms with Gasteiger partial charge in [-0.15, -0.1) is 11.3 Å². The van der Waals surface area contributed by atoms with Crippen LogP contribution in [0.1, 0.15) is 36.1 Å². The highest BCUT2D eigenvalue weighted by Crippen LogP contribution is 2.34. The number of rotatable bonds is 6. The van der Waals surface area contributed by atoms with Gasteiger partial charge in [0.1, 0.15) is 5.75 Å². The highest BCUT2D eigenvalue weighted by atomic mass is 32.1. The van der Waals surface area contributed by atoms with E-state index in [1.807, 2.05) is 35.2 Å². The molecule has 1 fully saturated rings. The Morgan fingerprint density at radius 3 is 2.66 bits per heavy atom. The third kappa shape index (κ3) is 4.36. The van der Waals surface area contributed by atoms with E-state index >= 15 is 0 Å². The molecule has 0 aliphatic carbocycles. The summed E-state index contributed by atoms with van der Waals surface area (Å²) < 4.78 is 11.7. The predicted octanol–water partition coefficient (Wildman–Crippen LogP) is 4.69. The number of nitrogens with zero attached hydrogens (tertiary/aromatic N) is 4. The maximum absolute atomic E-state index is 12.7. The third-order valence-electron chi connectivity index (χ3n) is 5.88. The summed E-state index contributed by atoms with van der Waals surface area (Å²) in [6.07, 6.45) is 2.72. The molecule has 0 unspecified atom stereocenters. The van der Waals surface area contributed by atoms with Crippen molar-refractivity contribution in [1.29, 1.82) is 0 Å². The number of hydrogen-bond acceptors (Lipinski definition) is 7. The first-order valence-corrected chi connectivity index (χ1v) is 11.6. The smallest absolute Gasteiger partial charge is 0.227 e. The molecule has 8 heteroatoms. The zero-order chi connectivity index (χ0) is 21.9. The summed E-state index contributed by atoms with van der Waals surface area (Å²) in [7, 11) is 1.63. The van der Waals surface area contributed by atoms with E-state index in [0.717, 1.165) is 42.8 Å². The fourth-order valence-corrected chi connectivity index (χ4v) is 5.16. The number of piperidine rings is 1. The second-order valence-electron chi connectivity index (χ2n) is 7.92. The Labute approximate surface area is 190 Å². The van der Waals surface area contributed by atoms with Crippen LogP contribution in [0.15, 0.2) is 53.1 Å². The van der Waals surface area contributed by atoms with Crippen molar-refractivity contribution in [1.82, 2.24) is 20.0 Å². The molecule has 1 aliphatic rings. The first kappa shape index (κ1) is 20.6. The van der Waals surface area contributed by atoms with Gasteiger partial charge in [-0.1, -0.05) is 17.3 Å². The summed E-state index contributed by atoms with van der Waals surface area (Å²) in [5.74, 6) is 2.34. The van der Waals surface area contributed by atoms with Crippen LogP contribution in [0.2, 0.25) is 0 Å². The summed E-state index contributed by atoms with van der Waals surface area (Å²) in [5, 5.41) is 5.23. The fourth-order valence-electron chi connectivity index (χ4n) is 4.03. The van der Waals surface area contributed by atoms with Crippen LogP contribution >= 0.6 is 11.3 Å². The molecule has 164 valence electrons. The number of likely N-dealkylation sites (tertiary alicyclic amines) is 1. The summed E-state index contributed by atoms with van der Waals surface area (Å²) >= 11 is 1.77. The van der Waals surface area contributed by atoms with E-state index in [4.69, 9.17) is 14.2 Å². The number of carbonyl (C=O) groups excluding carboxylic acids is 1. The van der Waals surface area contributed by atoms with E-state index in [9.17, 15) is 4.79 Å². The molecule has 3 heterocycles. The first-order valence-electron chi connectivity index (χ1n) is 10.8. The molecule has 1 amide bonds. The maximum Gasteiger partial charge on any atom is 0.227 e. The predicted molar refractivity (Wildman–Crippen MR) is 123 cm³/mol. The Bertz CT molecular complexity index is 1180. The van der Waals surface area contributed by atoms with Gasteiger partial charge in [-0.25, -0.2) is 4.98 Å². The Morgan fingerprint density at radius 2 is 1.91 bits per heavy atom. The topological polar surface area (TPSA) is 81.4 Å². The lowest BCUT2D eigenvalue weighted by atomic mass is 9.97. The molecule has 1 saturated heterocycles. The van der Waals surface area contributed by atoms with Gasteiger partial charge in [0, 0.05) is 37.4 Å². The van der Waals surface area contributed by atoms with Crippen LogP contribution in [0.25, 0.3) is 21.6 Å². The number of fused-ring (bicyclic) bond motifs is 1. The number of thiazole rings is 1. The monoisotopic (exact) mass is 448 g/mol. The standard InChI is InChI=1S/C24H24N4O3S/c1-30-18-8-6-16(7-9-18)23-26-21(31-27-23)10-11-22(29)28-14-12-17(13-15-28)24-25-19-4-2-3-5-20(19)32-24/h2-9,17H,10-15H2,1H3. The van der Waals surface area contributed by atoms with Crippen molar-refractivity contribution in [3.05, 3.63) is 59.4 Å².